The van der Waals surface area contributed by atoms with Crippen molar-refractivity contribution >= 4 is 11.8 Å². The van der Waals surface area contributed by atoms with E-state index in [-0.39, 0.29) is 29.6 Å². The molecule has 1 aromatic carbocycles. The van der Waals surface area contributed by atoms with E-state index in [0.717, 1.165) is 5.56 Å². The number of amides is 2. The Bertz CT molecular complexity index is 601. The second kappa shape index (κ2) is 8.43. The van der Waals surface area contributed by atoms with Gasteiger partial charge in [0.1, 0.15) is 5.82 Å². The van der Waals surface area contributed by atoms with Crippen molar-refractivity contribution < 1.29 is 14.0 Å². The molecule has 0 aliphatic carbocycles. The SMILES string of the molecule is CC(C)C1CN(C(=O)CN(C)C)CCC(=O)N1Cc1ccc(F)cc1. The topological polar surface area (TPSA) is 43.9 Å². The van der Waals surface area contributed by atoms with Gasteiger partial charge in [0.2, 0.25) is 11.8 Å². The Balaban J connectivity index is 2.18. The highest BCUT2D eigenvalue weighted by Crippen LogP contribution is 2.21. The van der Waals surface area contributed by atoms with E-state index in [1.807, 2.05) is 23.9 Å². The third-order valence-electron chi connectivity index (χ3n) is 4.56. The van der Waals surface area contributed by atoms with Crippen LogP contribution in [0.2, 0.25) is 0 Å². The molecule has 0 bridgehead atoms. The monoisotopic (exact) mass is 349 g/mol. The third-order valence-corrected chi connectivity index (χ3v) is 4.56. The van der Waals surface area contributed by atoms with Gasteiger partial charge in [-0.05, 0) is 37.7 Å². The molecule has 1 heterocycles. The normalized spacial score (nSPS) is 18.8. The zero-order valence-electron chi connectivity index (χ0n) is 15.5. The van der Waals surface area contributed by atoms with Crippen molar-refractivity contribution in [3.05, 3.63) is 35.6 Å². The molecule has 2 amide bonds. The molecule has 0 radical (unpaired) electrons. The van der Waals surface area contributed by atoms with Gasteiger partial charge in [-0.2, -0.15) is 0 Å². The van der Waals surface area contributed by atoms with Crippen molar-refractivity contribution in [2.45, 2.75) is 32.9 Å². The Morgan fingerprint density at radius 2 is 1.92 bits per heavy atom. The van der Waals surface area contributed by atoms with Crippen molar-refractivity contribution in [2.24, 2.45) is 5.92 Å². The van der Waals surface area contributed by atoms with Gasteiger partial charge in [0, 0.05) is 26.1 Å². The summed E-state index contributed by atoms with van der Waals surface area (Å²) in [5, 5.41) is 0. The van der Waals surface area contributed by atoms with E-state index in [1.54, 1.807) is 17.0 Å². The molecule has 1 aliphatic heterocycles. The summed E-state index contributed by atoms with van der Waals surface area (Å²) in [6.07, 6.45) is 0.323. The van der Waals surface area contributed by atoms with Gasteiger partial charge >= 0.3 is 0 Å². The zero-order valence-corrected chi connectivity index (χ0v) is 15.5. The van der Waals surface area contributed by atoms with Crippen LogP contribution in [0.1, 0.15) is 25.8 Å². The molecule has 1 saturated heterocycles. The molecule has 1 aromatic rings. The zero-order chi connectivity index (χ0) is 18.6. The summed E-state index contributed by atoms with van der Waals surface area (Å²) in [5.41, 5.74) is 0.897. The maximum atomic E-state index is 13.1. The second-order valence-electron chi connectivity index (χ2n) is 7.29. The summed E-state index contributed by atoms with van der Waals surface area (Å²) < 4.78 is 13.1. The maximum Gasteiger partial charge on any atom is 0.236 e. The van der Waals surface area contributed by atoms with E-state index in [9.17, 15) is 14.0 Å². The van der Waals surface area contributed by atoms with Gasteiger partial charge in [0.15, 0.2) is 0 Å². The Morgan fingerprint density at radius 3 is 2.48 bits per heavy atom. The first-order valence-corrected chi connectivity index (χ1v) is 8.74. The van der Waals surface area contributed by atoms with Crippen molar-refractivity contribution in [1.29, 1.82) is 0 Å². The van der Waals surface area contributed by atoms with Crippen LogP contribution in [0.4, 0.5) is 4.39 Å². The van der Waals surface area contributed by atoms with Gasteiger partial charge in [-0.3, -0.25) is 9.59 Å². The van der Waals surface area contributed by atoms with E-state index in [0.29, 0.717) is 32.6 Å². The van der Waals surface area contributed by atoms with Crippen LogP contribution >= 0.6 is 0 Å². The number of carbonyl (C=O) groups is 2. The van der Waals surface area contributed by atoms with Gasteiger partial charge in [-0.15, -0.1) is 0 Å². The molecular formula is C19H28FN3O2. The standard InChI is InChI=1S/C19H28FN3O2/c1-14(2)17-12-22(19(25)13-21(3)4)10-9-18(24)23(17)11-15-5-7-16(20)8-6-15/h5-8,14,17H,9-13H2,1-4H3. The van der Waals surface area contributed by atoms with Crippen LogP contribution in [0.3, 0.4) is 0 Å². The highest BCUT2D eigenvalue weighted by Gasteiger charge is 2.33. The minimum atomic E-state index is -0.285. The average Bonchev–Trinajstić information content (AvgIpc) is 2.69. The van der Waals surface area contributed by atoms with Crippen LogP contribution in [0.5, 0.6) is 0 Å². The summed E-state index contributed by atoms with van der Waals surface area (Å²) >= 11 is 0. The summed E-state index contributed by atoms with van der Waals surface area (Å²) in [4.78, 5) is 30.6. The number of hydrogen-bond acceptors (Lipinski definition) is 3. The van der Waals surface area contributed by atoms with Crippen LogP contribution < -0.4 is 0 Å². The lowest BCUT2D eigenvalue weighted by Gasteiger charge is -2.35. The van der Waals surface area contributed by atoms with Gasteiger partial charge in [-0.25, -0.2) is 4.39 Å². The van der Waals surface area contributed by atoms with E-state index in [2.05, 4.69) is 13.8 Å². The lowest BCUT2D eigenvalue weighted by atomic mass is 10.0. The van der Waals surface area contributed by atoms with Crippen LogP contribution in [0.15, 0.2) is 24.3 Å². The fourth-order valence-electron chi connectivity index (χ4n) is 3.13. The highest BCUT2D eigenvalue weighted by molar-refractivity contribution is 5.81. The average molecular weight is 349 g/mol. The summed E-state index contributed by atoms with van der Waals surface area (Å²) in [6.45, 7) is 5.91. The molecule has 1 unspecified atom stereocenters. The first-order chi connectivity index (χ1) is 11.8. The quantitative estimate of drug-likeness (QED) is 0.816. The predicted molar refractivity (Wildman–Crippen MR) is 95.3 cm³/mol. The fourth-order valence-corrected chi connectivity index (χ4v) is 3.13. The molecule has 2 rings (SSSR count). The number of hydrogen-bond donors (Lipinski definition) is 0. The Hall–Kier alpha value is -1.95. The van der Waals surface area contributed by atoms with Crippen molar-refractivity contribution in [2.75, 3.05) is 33.7 Å². The molecular weight excluding hydrogens is 321 g/mol. The lowest BCUT2D eigenvalue weighted by molar-refractivity contribution is -0.134. The molecule has 0 aromatic heterocycles. The molecule has 5 nitrogen and oxygen atoms in total. The number of likely N-dealkylation sites (N-methyl/N-ethyl adjacent to an activating group) is 1. The van der Waals surface area contributed by atoms with Crippen LogP contribution in [0.25, 0.3) is 0 Å². The number of halogens is 1. The molecule has 138 valence electrons. The highest BCUT2D eigenvalue weighted by atomic mass is 19.1. The van der Waals surface area contributed by atoms with E-state index >= 15 is 0 Å². The van der Waals surface area contributed by atoms with Crippen molar-refractivity contribution in [3.8, 4) is 0 Å². The van der Waals surface area contributed by atoms with E-state index < -0.39 is 0 Å². The van der Waals surface area contributed by atoms with E-state index in [1.165, 1.54) is 12.1 Å². The molecule has 1 aliphatic rings. The fraction of sp³-hybridized carbons (Fsp3) is 0.579. The maximum absolute atomic E-state index is 13.1. The number of rotatable bonds is 5. The molecule has 0 N–H and O–H groups in total. The van der Waals surface area contributed by atoms with Crippen LogP contribution in [-0.2, 0) is 16.1 Å². The summed E-state index contributed by atoms with van der Waals surface area (Å²) in [6, 6.07) is 6.19. The van der Waals surface area contributed by atoms with Gasteiger partial charge in [0.05, 0.1) is 12.6 Å². The summed E-state index contributed by atoms with van der Waals surface area (Å²) in [5.74, 6) is 0.0271. The Labute approximate surface area is 149 Å². The molecule has 0 spiro atoms. The lowest BCUT2D eigenvalue weighted by Crippen LogP contribution is -2.48. The van der Waals surface area contributed by atoms with Crippen LogP contribution in [0, 0.1) is 11.7 Å². The first kappa shape index (κ1) is 19.4. The predicted octanol–water partition coefficient (Wildman–Crippen LogP) is 1.97. The van der Waals surface area contributed by atoms with Crippen molar-refractivity contribution in [1.82, 2.24) is 14.7 Å². The minimum absolute atomic E-state index is 0.0446. The van der Waals surface area contributed by atoms with Crippen LogP contribution in [-0.4, -0.2) is 66.3 Å². The number of carbonyl (C=O) groups excluding carboxylic acids is 2. The summed E-state index contributed by atoms with van der Waals surface area (Å²) in [7, 11) is 3.73. The van der Waals surface area contributed by atoms with Gasteiger partial charge < -0.3 is 14.7 Å². The minimum Gasteiger partial charge on any atom is -0.339 e. The van der Waals surface area contributed by atoms with Gasteiger partial charge in [-0.1, -0.05) is 26.0 Å². The molecule has 1 fully saturated rings. The van der Waals surface area contributed by atoms with Crippen molar-refractivity contribution in [3.63, 3.8) is 0 Å². The second-order valence-corrected chi connectivity index (χ2v) is 7.29. The van der Waals surface area contributed by atoms with Gasteiger partial charge in [0.25, 0.3) is 0 Å². The Kier molecular flexibility index (Phi) is 6.53. The Morgan fingerprint density at radius 1 is 1.28 bits per heavy atom. The smallest absolute Gasteiger partial charge is 0.236 e. The molecule has 1 atom stereocenters. The third kappa shape index (κ3) is 5.26. The molecule has 6 heteroatoms. The molecule has 0 saturated carbocycles. The van der Waals surface area contributed by atoms with E-state index in [4.69, 9.17) is 0 Å². The first-order valence-electron chi connectivity index (χ1n) is 8.74. The number of benzene rings is 1. The molecule has 25 heavy (non-hydrogen) atoms. The number of nitrogens with zero attached hydrogens (tertiary/aromatic N) is 3. The largest absolute Gasteiger partial charge is 0.339 e.